The number of rotatable bonds is 5. The Balaban J connectivity index is 3.05. The monoisotopic (exact) mass is 272 g/mol. The van der Waals surface area contributed by atoms with Crippen molar-refractivity contribution in [3.05, 3.63) is 29.8 Å². The summed E-state index contributed by atoms with van der Waals surface area (Å²) in [5.41, 5.74) is -0.345. The first-order valence-corrected chi connectivity index (χ1v) is 6.39. The predicted molar refractivity (Wildman–Crippen MR) is 62.7 cm³/mol. The zero-order chi connectivity index (χ0) is 13.8. The molecule has 1 rings (SSSR count). The van der Waals surface area contributed by atoms with Crippen LogP contribution in [0.1, 0.15) is 10.4 Å². The Morgan fingerprint density at radius 1 is 1.28 bits per heavy atom. The van der Waals surface area contributed by atoms with Gasteiger partial charge in [-0.1, -0.05) is 12.1 Å². The molecule has 1 aromatic carbocycles. The molecule has 0 heterocycles. The van der Waals surface area contributed by atoms with Crippen LogP contribution in [0, 0.1) is 0 Å². The third-order valence-corrected chi connectivity index (χ3v) is 3.57. The van der Waals surface area contributed by atoms with Crippen LogP contribution in [0.2, 0.25) is 0 Å². The van der Waals surface area contributed by atoms with Gasteiger partial charge in [0.25, 0.3) is 0 Å². The molecule has 1 aromatic rings. The van der Waals surface area contributed by atoms with E-state index in [1.165, 1.54) is 25.2 Å². The van der Waals surface area contributed by atoms with Gasteiger partial charge in [-0.05, 0) is 12.1 Å². The highest BCUT2D eigenvalue weighted by atomic mass is 32.2. The summed E-state index contributed by atoms with van der Waals surface area (Å²) >= 11 is 0. The summed E-state index contributed by atoms with van der Waals surface area (Å²) in [6.45, 7) is -0.452. The molecule has 0 saturated heterocycles. The zero-order valence-corrected chi connectivity index (χ0v) is 10.3. The quantitative estimate of drug-likeness (QED) is 0.663. The Labute approximate surface area is 104 Å². The van der Waals surface area contributed by atoms with Crippen LogP contribution in [-0.2, 0) is 14.8 Å². The maximum atomic E-state index is 11.8. The Morgan fingerprint density at radius 3 is 2.44 bits per heavy atom. The predicted octanol–water partition coefficient (Wildman–Crippen LogP) is -0.591. The number of carboxylic acids is 1. The molecule has 7 nitrogen and oxygen atoms in total. The van der Waals surface area contributed by atoms with Crippen LogP contribution in [-0.4, -0.2) is 39.0 Å². The molecule has 18 heavy (non-hydrogen) atoms. The maximum absolute atomic E-state index is 11.8. The van der Waals surface area contributed by atoms with Gasteiger partial charge in [0.1, 0.15) is 0 Å². The molecule has 0 atom stereocenters. The van der Waals surface area contributed by atoms with E-state index in [1.54, 1.807) is 0 Å². The number of sulfonamides is 1. The lowest BCUT2D eigenvalue weighted by atomic mass is 10.2. The van der Waals surface area contributed by atoms with Crippen molar-refractivity contribution in [3.8, 4) is 0 Å². The fourth-order valence-corrected chi connectivity index (χ4v) is 2.38. The molecule has 1 amide bonds. The Bertz CT molecular complexity index is 567. The van der Waals surface area contributed by atoms with Gasteiger partial charge in [-0.2, -0.15) is 0 Å². The number of carbonyl (C=O) groups is 2. The third kappa shape index (κ3) is 3.28. The molecule has 0 bridgehead atoms. The van der Waals surface area contributed by atoms with Crippen molar-refractivity contribution in [2.45, 2.75) is 4.90 Å². The summed E-state index contributed by atoms with van der Waals surface area (Å²) in [5.74, 6) is -1.87. The molecule has 3 N–H and O–H groups in total. The van der Waals surface area contributed by atoms with E-state index < -0.39 is 28.4 Å². The SMILES string of the molecule is CNC(=O)CNS(=O)(=O)c1ccccc1C(=O)O. The number of hydrogen-bond donors (Lipinski definition) is 3. The summed E-state index contributed by atoms with van der Waals surface area (Å²) in [6, 6.07) is 5.16. The number of likely N-dealkylation sites (N-methyl/N-ethyl adjacent to an activating group) is 1. The highest BCUT2D eigenvalue weighted by molar-refractivity contribution is 7.89. The fraction of sp³-hybridized carbons (Fsp3) is 0.200. The second kappa shape index (κ2) is 5.61. The summed E-state index contributed by atoms with van der Waals surface area (Å²) in [5, 5.41) is 11.1. The molecule has 0 radical (unpaired) electrons. The van der Waals surface area contributed by atoms with E-state index in [4.69, 9.17) is 5.11 Å². The minimum atomic E-state index is -4.03. The Hall–Kier alpha value is -1.93. The minimum absolute atomic E-state index is 0.345. The molecule has 0 aromatic heterocycles. The fourth-order valence-electron chi connectivity index (χ4n) is 1.20. The molecule has 0 fully saturated rings. The van der Waals surface area contributed by atoms with Crippen molar-refractivity contribution >= 4 is 21.9 Å². The van der Waals surface area contributed by atoms with Crippen LogP contribution in [0.15, 0.2) is 29.2 Å². The van der Waals surface area contributed by atoms with E-state index >= 15 is 0 Å². The normalized spacial score (nSPS) is 10.9. The number of benzene rings is 1. The van der Waals surface area contributed by atoms with Gasteiger partial charge in [0.15, 0.2) is 0 Å². The summed E-state index contributed by atoms with van der Waals surface area (Å²) in [4.78, 5) is 21.5. The number of carbonyl (C=O) groups excluding carboxylic acids is 1. The van der Waals surface area contributed by atoms with Gasteiger partial charge in [0, 0.05) is 7.05 Å². The first-order chi connectivity index (χ1) is 8.38. The lowest BCUT2D eigenvalue weighted by molar-refractivity contribution is -0.119. The molecule has 0 spiro atoms. The largest absolute Gasteiger partial charge is 0.478 e. The van der Waals surface area contributed by atoms with E-state index in [2.05, 4.69) is 5.32 Å². The van der Waals surface area contributed by atoms with E-state index in [9.17, 15) is 18.0 Å². The Morgan fingerprint density at radius 2 is 1.89 bits per heavy atom. The van der Waals surface area contributed by atoms with Crippen LogP contribution in [0.3, 0.4) is 0 Å². The highest BCUT2D eigenvalue weighted by Crippen LogP contribution is 2.14. The third-order valence-electron chi connectivity index (χ3n) is 2.11. The standard InChI is InChI=1S/C10H12N2O5S/c1-11-9(13)6-12-18(16,17)8-5-3-2-4-7(8)10(14)15/h2-5,12H,6H2,1H3,(H,11,13)(H,14,15). The van der Waals surface area contributed by atoms with Crippen molar-refractivity contribution < 1.29 is 23.1 Å². The van der Waals surface area contributed by atoms with Crippen LogP contribution in [0.5, 0.6) is 0 Å². The van der Waals surface area contributed by atoms with Gasteiger partial charge in [0.2, 0.25) is 15.9 Å². The number of aromatic carboxylic acids is 1. The van der Waals surface area contributed by atoms with Crippen molar-refractivity contribution in [1.82, 2.24) is 10.0 Å². The first kappa shape index (κ1) is 14.1. The molecule has 0 saturated carbocycles. The molecule has 0 aliphatic heterocycles. The van der Waals surface area contributed by atoms with Gasteiger partial charge in [-0.3, -0.25) is 4.79 Å². The minimum Gasteiger partial charge on any atom is -0.478 e. The maximum Gasteiger partial charge on any atom is 0.337 e. The average Bonchev–Trinajstić information content (AvgIpc) is 2.36. The number of hydrogen-bond acceptors (Lipinski definition) is 4. The highest BCUT2D eigenvalue weighted by Gasteiger charge is 2.21. The van der Waals surface area contributed by atoms with Crippen LogP contribution < -0.4 is 10.0 Å². The molecular weight excluding hydrogens is 260 g/mol. The smallest absolute Gasteiger partial charge is 0.337 e. The van der Waals surface area contributed by atoms with Gasteiger partial charge < -0.3 is 10.4 Å². The van der Waals surface area contributed by atoms with Gasteiger partial charge in [-0.15, -0.1) is 0 Å². The van der Waals surface area contributed by atoms with Crippen molar-refractivity contribution in [3.63, 3.8) is 0 Å². The lowest BCUT2D eigenvalue weighted by Gasteiger charge is -2.08. The van der Waals surface area contributed by atoms with Crippen molar-refractivity contribution in [2.24, 2.45) is 0 Å². The molecular formula is C10H12N2O5S. The van der Waals surface area contributed by atoms with Gasteiger partial charge in [0.05, 0.1) is 17.0 Å². The first-order valence-electron chi connectivity index (χ1n) is 4.91. The van der Waals surface area contributed by atoms with Crippen molar-refractivity contribution in [2.75, 3.05) is 13.6 Å². The van der Waals surface area contributed by atoms with Gasteiger partial charge in [-0.25, -0.2) is 17.9 Å². The van der Waals surface area contributed by atoms with Crippen LogP contribution in [0.4, 0.5) is 0 Å². The van der Waals surface area contributed by atoms with Crippen LogP contribution in [0.25, 0.3) is 0 Å². The molecule has 98 valence electrons. The number of amides is 1. The van der Waals surface area contributed by atoms with Crippen LogP contribution >= 0.6 is 0 Å². The summed E-state index contributed by atoms with van der Waals surface area (Å²) in [6.07, 6.45) is 0. The van der Waals surface area contributed by atoms with Crippen molar-refractivity contribution in [1.29, 1.82) is 0 Å². The van der Waals surface area contributed by atoms with Gasteiger partial charge >= 0.3 is 5.97 Å². The second-order valence-electron chi connectivity index (χ2n) is 3.30. The lowest BCUT2D eigenvalue weighted by Crippen LogP contribution is -2.35. The number of nitrogens with one attached hydrogen (secondary N) is 2. The molecule has 0 aliphatic carbocycles. The van der Waals surface area contributed by atoms with E-state index in [0.29, 0.717) is 0 Å². The number of carboxylic acid groups (broad SMARTS) is 1. The average molecular weight is 272 g/mol. The van der Waals surface area contributed by atoms with E-state index in [1.807, 2.05) is 4.72 Å². The zero-order valence-electron chi connectivity index (χ0n) is 9.50. The second-order valence-corrected chi connectivity index (χ2v) is 5.03. The molecule has 0 aliphatic rings. The van der Waals surface area contributed by atoms with E-state index in [0.717, 1.165) is 6.07 Å². The summed E-state index contributed by atoms with van der Waals surface area (Å²) < 4.78 is 25.7. The Kier molecular flexibility index (Phi) is 4.40. The topological polar surface area (TPSA) is 113 Å². The molecule has 0 unspecified atom stereocenters. The molecule has 8 heteroatoms. The summed E-state index contributed by atoms with van der Waals surface area (Å²) in [7, 11) is -2.67. The van der Waals surface area contributed by atoms with E-state index in [-0.39, 0.29) is 10.5 Å².